The minimum absolute atomic E-state index is 0.0349. The van der Waals surface area contributed by atoms with Crippen LogP contribution in [0.25, 0.3) is 0 Å². The van der Waals surface area contributed by atoms with Crippen LogP contribution in [0.3, 0.4) is 0 Å². The zero-order valence-electron chi connectivity index (χ0n) is 15.4. The van der Waals surface area contributed by atoms with Crippen LogP contribution in [-0.2, 0) is 4.79 Å². The van der Waals surface area contributed by atoms with E-state index in [-0.39, 0.29) is 5.91 Å². The number of halogens is 1. The first-order valence-corrected chi connectivity index (χ1v) is 8.93. The van der Waals surface area contributed by atoms with Crippen molar-refractivity contribution in [1.82, 2.24) is 0 Å². The number of para-hydroxylation sites is 1. The Morgan fingerprint density at radius 2 is 1.88 bits per heavy atom. The lowest BCUT2D eigenvalue weighted by atomic mass is 9.87. The van der Waals surface area contributed by atoms with Crippen LogP contribution in [0.1, 0.15) is 37.8 Å². The second kappa shape index (κ2) is 8.39. The molecule has 2 aromatic carbocycles. The Kier molecular flexibility index (Phi) is 6.49. The summed E-state index contributed by atoms with van der Waals surface area (Å²) in [6.07, 6.45) is 1.53. The van der Waals surface area contributed by atoms with Crippen LogP contribution in [0.5, 0.6) is 5.75 Å². The molecule has 0 fully saturated rings. The standard InChI is InChI=1S/C21H26ClNO2/c1-15-10-11-16(2)19(14-15)25-13-7-12-21(3,4)20(24)23-18-9-6-5-8-17(18)22/h5-6,8-11,14H,7,12-13H2,1-4H3,(H,23,24). The van der Waals surface area contributed by atoms with Gasteiger partial charge in [0.2, 0.25) is 5.91 Å². The normalized spacial score (nSPS) is 11.2. The molecule has 134 valence electrons. The summed E-state index contributed by atoms with van der Waals surface area (Å²) in [6.45, 7) is 8.56. The summed E-state index contributed by atoms with van der Waals surface area (Å²) in [5.74, 6) is 0.880. The molecule has 0 bridgehead atoms. The van der Waals surface area contributed by atoms with Crippen LogP contribution in [0.15, 0.2) is 42.5 Å². The van der Waals surface area contributed by atoms with E-state index < -0.39 is 5.41 Å². The third kappa shape index (κ3) is 5.50. The van der Waals surface area contributed by atoms with Crippen molar-refractivity contribution >= 4 is 23.2 Å². The van der Waals surface area contributed by atoms with Crippen molar-refractivity contribution in [1.29, 1.82) is 0 Å². The van der Waals surface area contributed by atoms with Gasteiger partial charge in [-0.2, -0.15) is 0 Å². The summed E-state index contributed by atoms with van der Waals surface area (Å²) in [5.41, 5.74) is 2.46. The average Bonchev–Trinajstić information content (AvgIpc) is 2.56. The van der Waals surface area contributed by atoms with E-state index in [4.69, 9.17) is 16.3 Å². The molecule has 0 saturated carbocycles. The van der Waals surface area contributed by atoms with Gasteiger partial charge in [-0.05, 0) is 56.0 Å². The highest BCUT2D eigenvalue weighted by atomic mass is 35.5. The number of anilines is 1. The van der Waals surface area contributed by atoms with E-state index in [1.165, 1.54) is 5.56 Å². The van der Waals surface area contributed by atoms with Gasteiger partial charge in [0.25, 0.3) is 0 Å². The van der Waals surface area contributed by atoms with E-state index in [2.05, 4.69) is 24.4 Å². The lowest BCUT2D eigenvalue weighted by molar-refractivity contribution is -0.124. The highest BCUT2D eigenvalue weighted by Crippen LogP contribution is 2.28. The fourth-order valence-electron chi connectivity index (χ4n) is 2.53. The zero-order valence-corrected chi connectivity index (χ0v) is 16.1. The number of benzene rings is 2. The number of carbonyl (C=O) groups excluding carboxylic acids is 1. The third-order valence-corrected chi connectivity index (χ3v) is 4.61. The topological polar surface area (TPSA) is 38.3 Å². The Morgan fingerprint density at radius 3 is 2.60 bits per heavy atom. The van der Waals surface area contributed by atoms with Gasteiger partial charge in [-0.1, -0.05) is 49.7 Å². The molecule has 0 aromatic heterocycles. The molecule has 0 unspecified atom stereocenters. The minimum Gasteiger partial charge on any atom is -0.493 e. The maximum atomic E-state index is 12.5. The van der Waals surface area contributed by atoms with Crippen LogP contribution in [0, 0.1) is 19.3 Å². The van der Waals surface area contributed by atoms with Gasteiger partial charge in [-0.15, -0.1) is 0 Å². The highest BCUT2D eigenvalue weighted by molar-refractivity contribution is 6.33. The van der Waals surface area contributed by atoms with E-state index in [1.54, 1.807) is 12.1 Å². The Bertz CT molecular complexity index is 740. The van der Waals surface area contributed by atoms with E-state index >= 15 is 0 Å². The van der Waals surface area contributed by atoms with E-state index in [1.807, 2.05) is 39.0 Å². The molecule has 0 atom stereocenters. The molecule has 0 radical (unpaired) electrons. The Hall–Kier alpha value is -2.00. The zero-order chi connectivity index (χ0) is 18.4. The lowest BCUT2D eigenvalue weighted by Crippen LogP contribution is -2.31. The molecule has 2 aromatic rings. The minimum atomic E-state index is -0.496. The molecule has 0 aliphatic carbocycles. The fourth-order valence-corrected chi connectivity index (χ4v) is 2.71. The molecular formula is C21H26ClNO2. The monoisotopic (exact) mass is 359 g/mol. The van der Waals surface area contributed by atoms with Crippen molar-refractivity contribution < 1.29 is 9.53 Å². The van der Waals surface area contributed by atoms with Crippen molar-refractivity contribution in [3.8, 4) is 5.75 Å². The fraction of sp³-hybridized carbons (Fsp3) is 0.381. The largest absolute Gasteiger partial charge is 0.493 e. The predicted molar refractivity (Wildman–Crippen MR) is 105 cm³/mol. The van der Waals surface area contributed by atoms with Gasteiger partial charge in [0, 0.05) is 5.41 Å². The first kappa shape index (κ1) is 19.3. The van der Waals surface area contributed by atoms with Crippen molar-refractivity contribution in [3.05, 3.63) is 58.6 Å². The maximum Gasteiger partial charge on any atom is 0.230 e. The number of carbonyl (C=O) groups is 1. The number of aryl methyl sites for hydroxylation is 2. The van der Waals surface area contributed by atoms with Crippen molar-refractivity contribution in [2.75, 3.05) is 11.9 Å². The lowest BCUT2D eigenvalue weighted by Gasteiger charge is -2.24. The molecule has 2 rings (SSSR count). The van der Waals surface area contributed by atoms with Crippen LogP contribution in [0.2, 0.25) is 5.02 Å². The van der Waals surface area contributed by atoms with Crippen molar-refractivity contribution in [2.45, 2.75) is 40.5 Å². The Balaban J connectivity index is 1.85. The molecule has 0 aliphatic heterocycles. The second-order valence-corrected chi connectivity index (χ2v) is 7.45. The third-order valence-electron chi connectivity index (χ3n) is 4.28. The van der Waals surface area contributed by atoms with Gasteiger partial charge in [0.15, 0.2) is 0 Å². The number of amides is 1. The Morgan fingerprint density at radius 1 is 1.16 bits per heavy atom. The van der Waals surface area contributed by atoms with Crippen LogP contribution < -0.4 is 10.1 Å². The van der Waals surface area contributed by atoms with Crippen LogP contribution in [-0.4, -0.2) is 12.5 Å². The summed E-state index contributed by atoms with van der Waals surface area (Å²) in [5, 5.41) is 3.46. The summed E-state index contributed by atoms with van der Waals surface area (Å²) >= 11 is 6.11. The van der Waals surface area contributed by atoms with Crippen LogP contribution >= 0.6 is 11.6 Å². The van der Waals surface area contributed by atoms with Gasteiger partial charge >= 0.3 is 0 Å². The summed E-state index contributed by atoms with van der Waals surface area (Å²) in [6, 6.07) is 13.4. The first-order chi connectivity index (χ1) is 11.8. The number of hydrogen-bond donors (Lipinski definition) is 1. The smallest absolute Gasteiger partial charge is 0.230 e. The highest BCUT2D eigenvalue weighted by Gasteiger charge is 2.27. The first-order valence-electron chi connectivity index (χ1n) is 8.55. The molecular weight excluding hydrogens is 334 g/mol. The summed E-state index contributed by atoms with van der Waals surface area (Å²) in [4.78, 5) is 12.5. The molecule has 0 aliphatic rings. The molecule has 4 heteroatoms. The number of nitrogens with one attached hydrogen (secondary N) is 1. The van der Waals surface area contributed by atoms with Gasteiger partial charge in [0.05, 0.1) is 17.3 Å². The van der Waals surface area contributed by atoms with Gasteiger partial charge in [0.1, 0.15) is 5.75 Å². The predicted octanol–water partition coefficient (Wildman–Crippen LogP) is 5.78. The maximum absolute atomic E-state index is 12.5. The number of hydrogen-bond acceptors (Lipinski definition) is 2. The van der Waals surface area contributed by atoms with E-state index in [0.717, 1.165) is 24.2 Å². The molecule has 25 heavy (non-hydrogen) atoms. The molecule has 1 amide bonds. The molecule has 0 spiro atoms. The molecule has 1 N–H and O–H groups in total. The molecule has 3 nitrogen and oxygen atoms in total. The van der Waals surface area contributed by atoms with Gasteiger partial charge in [-0.3, -0.25) is 4.79 Å². The van der Waals surface area contributed by atoms with E-state index in [0.29, 0.717) is 17.3 Å². The quantitative estimate of drug-likeness (QED) is 0.636. The second-order valence-electron chi connectivity index (χ2n) is 7.04. The van der Waals surface area contributed by atoms with Crippen molar-refractivity contribution in [2.24, 2.45) is 5.41 Å². The SMILES string of the molecule is Cc1ccc(C)c(OCCCC(C)(C)C(=O)Nc2ccccc2Cl)c1. The summed E-state index contributed by atoms with van der Waals surface area (Å²) in [7, 11) is 0. The number of ether oxygens (including phenoxy) is 1. The molecule has 0 heterocycles. The Labute approximate surface area is 155 Å². The molecule has 0 saturated heterocycles. The average molecular weight is 360 g/mol. The number of rotatable bonds is 7. The van der Waals surface area contributed by atoms with Gasteiger partial charge < -0.3 is 10.1 Å². The summed E-state index contributed by atoms with van der Waals surface area (Å²) < 4.78 is 5.88. The van der Waals surface area contributed by atoms with Gasteiger partial charge in [-0.25, -0.2) is 0 Å². The van der Waals surface area contributed by atoms with Crippen molar-refractivity contribution in [3.63, 3.8) is 0 Å². The van der Waals surface area contributed by atoms with E-state index in [9.17, 15) is 4.79 Å². The van der Waals surface area contributed by atoms with Crippen LogP contribution in [0.4, 0.5) is 5.69 Å².